The summed E-state index contributed by atoms with van der Waals surface area (Å²) in [5, 5.41) is 0.370. The molecule has 0 saturated carbocycles. The monoisotopic (exact) mass is 353 g/mol. The molecule has 23 heavy (non-hydrogen) atoms. The molecule has 4 nitrogen and oxygen atoms in total. The molecule has 120 valence electrons. The number of carbonyl (C=O) groups excluding carboxylic acids is 1. The Morgan fingerprint density at radius 2 is 1.91 bits per heavy atom. The number of rotatable bonds is 2. The van der Waals surface area contributed by atoms with Crippen LogP contribution in [-0.2, 0) is 10.0 Å². The number of carbonyl (C=O) groups is 1. The fraction of sp³-hybridized carbons (Fsp3) is 0.188. The summed E-state index contributed by atoms with van der Waals surface area (Å²) in [4.78, 5) is 12.1. The molecule has 0 saturated heterocycles. The third-order valence-electron chi connectivity index (χ3n) is 3.77. The molecule has 0 atom stereocenters. The smallest absolute Gasteiger partial charge is 0.264 e. The zero-order chi connectivity index (χ0) is 16.8. The normalized spacial score (nSPS) is 14.7. The molecule has 0 aromatic heterocycles. The van der Waals surface area contributed by atoms with Gasteiger partial charge >= 0.3 is 0 Å². The van der Waals surface area contributed by atoms with E-state index in [1.807, 2.05) is 0 Å². The molecular weight excluding hydrogens is 341 g/mol. The van der Waals surface area contributed by atoms with Crippen molar-refractivity contribution in [2.75, 3.05) is 10.8 Å². The van der Waals surface area contributed by atoms with Crippen LogP contribution in [0.15, 0.2) is 41.3 Å². The maximum absolute atomic E-state index is 13.2. The van der Waals surface area contributed by atoms with Gasteiger partial charge in [-0.3, -0.25) is 9.10 Å². The van der Waals surface area contributed by atoms with E-state index in [0.717, 1.165) is 6.07 Å². The molecule has 2 aromatic carbocycles. The van der Waals surface area contributed by atoms with Crippen molar-refractivity contribution < 1.29 is 17.6 Å². The second kappa shape index (κ2) is 5.62. The first-order valence-corrected chi connectivity index (χ1v) is 8.74. The number of hydrogen-bond donors (Lipinski definition) is 0. The van der Waals surface area contributed by atoms with E-state index >= 15 is 0 Å². The van der Waals surface area contributed by atoms with Crippen molar-refractivity contribution in [1.82, 2.24) is 0 Å². The molecule has 1 aliphatic heterocycles. The second-order valence-corrected chi connectivity index (χ2v) is 7.59. The van der Waals surface area contributed by atoms with Crippen molar-refractivity contribution in [3.05, 3.63) is 58.4 Å². The average molecular weight is 354 g/mol. The van der Waals surface area contributed by atoms with E-state index in [-0.39, 0.29) is 29.2 Å². The van der Waals surface area contributed by atoms with Crippen molar-refractivity contribution in [2.45, 2.75) is 18.2 Å². The number of Topliss-reactive ketones (excluding diaryl/α,β-unsaturated/α-hetero) is 1. The van der Waals surface area contributed by atoms with E-state index in [2.05, 4.69) is 0 Å². The van der Waals surface area contributed by atoms with Crippen LogP contribution in [0.25, 0.3) is 0 Å². The van der Waals surface area contributed by atoms with E-state index in [1.54, 1.807) is 6.07 Å². The number of fused-ring (bicyclic) bond motifs is 1. The maximum atomic E-state index is 13.2. The number of benzene rings is 2. The molecule has 0 aliphatic carbocycles. The van der Waals surface area contributed by atoms with E-state index < -0.39 is 15.8 Å². The standard InChI is InChI=1S/C16H13ClFNO3S/c1-10-8-12(18)3-5-16(10)23(21,22)19-7-6-15(20)13-9-11(17)2-4-14(13)19/h2-5,8-9H,6-7H2,1H3. The minimum Gasteiger partial charge on any atom is -0.294 e. The molecule has 0 spiro atoms. The number of ketones is 1. The number of hydrogen-bond acceptors (Lipinski definition) is 3. The van der Waals surface area contributed by atoms with E-state index in [4.69, 9.17) is 11.6 Å². The number of aryl methyl sites for hydroxylation is 1. The van der Waals surface area contributed by atoms with Crippen LogP contribution in [0, 0.1) is 12.7 Å². The first-order chi connectivity index (χ1) is 10.8. The van der Waals surface area contributed by atoms with Gasteiger partial charge in [-0.05, 0) is 48.9 Å². The third-order valence-corrected chi connectivity index (χ3v) is 5.98. The minimum atomic E-state index is -3.89. The van der Waals surface area contributed by atoms with Gasteiger partial charge in [0, 0.05) is 23.6 Å². The number of nitrogens with zero attached hydrogens (tertiary/aromatic N) is 1. The topological polar surface area (TPSA) is 54.5 Å². The second-order valence-electron chi connectivity index (χ2n) is 5.32. The lowest BCUT2D eigenvalue weighted by atomic mass is 10.0. The fourth-order valence-corrected chi connectivity index (χ4v) is 4.54. The minimum absolute atomic E-state index is 0.0224. The Labute approximate surface area is 138 Å². The molecule has 0 N–H and O–H groups in total. The Balaban J connectivity index is 2.15. The van der Waals surface area contributed by atoms with Gasteiger partial charge < -0.3 is 0 Å². The number of sulfonamides is 1. The average Bonchev–Trinajstić information content (AvgIpc) is 2.47. The summed E-state index contributed by atoms with van der Waals surface area (Å²) < 4.78 is 40.3. The Morgan fingerprint density at radius 3 is 2.61 bits per heavy atom. The highest BCUT2D eigenvalue weighted by Crippen LogP contribution is 2.34. The zero-order valence-electron chi connectivity index (χ0n) is 12.2. The Kier molecular flexibility index (Phi) is 3.90. The summed E-state index contributed by atoms with van der Waals surface area (Å²) >= 11 is 5.90. The van der Waals surface area contributed by atoms with Crippen LogP contribution in [0.1, 0.15) is 22.3 Å². The van der Waals surface area contributed by atoms with E-state index in [9.17, 15) is 17.6 Å². The van der Waals surface area contributed by atoms with Crippen LogP contribution in [-0.4, -0.2) is 20.7 Å². The van der Waals surface area contributed by atoms with Gasteiger partial charge in [-0.1, -0.05) is 11.6 Å². The van der Waals surface area contributed by atoms with Gasteiger partial charge in [0.1, 0.15) is 5.82 Å². The molecule has 0 amide bonds. The maximum Gasteiger partial charge on any atom is 0.264 e. The van der Waals surface area contributed by atoms with Gasteiger partial charge in [-0.15, -0.1) is 0 Å². The first-order valence-electron chi connectivity index (χ1n) is 6.92. The molecule has 1 heterocycles. The fourth-order valence-electron chi connectivity index (χ4n) is 2.68. The summed E-state index contributed by atoms with van der Waals surface area (Å²) in [5.74, 6) is -0.646. The highest BCUT2D eigenvalue weighted by atomic mass is 35.5. The molecule has 1 aliphatic rings. The lowest BCUT2D eigenvalue weighted by molar-refractivity contribution is 0.0982. The molecule has 0 unspecified atom stereocenters. The Bertz CT molecular complexity index is 912. The van der Waals surface area contributed by atoms with Gasteiger partial charge in [0.05, 0.1) is 10.6 Å². The van der Waals surface area contributed by atoms with Crippen molar-refractivity contribution in [3.63, 3.8) is 0 Å². The van der Waals surface area contributed by atoms with Gasteiger partial charge in [0.15, 0.2) is 5.78 Å². The van der Waals surface area contributed by atoms with Crippen molar-refractivity contribution in [3.8, 4) is 0 Å². The van der Waals surface area contributed by atoms with Crippen LogP contribution in [0.5, 0.6) is 0 Å². The van der Waals surface area contributed by atoms with Crippen LogP contribution in [0.2, 0.25) is 5.02 Å². The summed E-state index contributed by atoms with van der Waals surface area (Å²) in [6, 6.07) is 8.05. The zero-order valence-corrected chi connectivity index (χ0v) is 13.8. The Hall–Kier alpha value is -1.92. The number of anilines is 1. The van der Waals surface area contributed by atoms with Gasteiger partial charge in [0.2, 0.25) is 0 Å². The summed E-state index contributed by atoms with van der Waals surface area (Å²) in [6.45, 7) is 1.58. The van der Waals surface area contributed by atoms with Crippen molar-refractivity contribution >= 4 is 33.1 Å². The van der Waals surface area contributed by atoms with Gasteiger partial charge in [0.25, 0.3) is 10.0 Å². The molecule has 0 radical (unpaired) electrons. The van der Waals surface area contributed by atoms with Crippen LogP contribution in [0.4, 0.5) is 10.1 Å². The number of halogens is 2. The third kappa shape index (κ3) is 2.72. The lowest BCUT2D eigenvalue weighted by Gasteiger charge is -2.30. The van der Waals surface area contributed by atoms with Crippen LogP contribution in [0.3, 0.4) is 0 Å². The summed E-state index contributed by atoms with van der Waals surface area (Å²) in [7, 11) is -3.89. The lowest BCUT2D eigenvalue weighted by Crippen LogP contribution is -2.37. The van der Waals surface area contributed by atoms with Gasteiger partial charge in [-0.2, -0.15) is 0 Å². The molecule has 0 bridgehead atoms. The van der Waals surface area contributed by atoms with Crippen molar-refractivity contribution in [2.24, 2.45) is 0 Å². The van der Waals surface area contributed by atoms with Crippen LogP contribution >= 0.6 is 11.6 Å². The van der Waals surface area contributed by atoms with Crippen molar-refractivity contribution in [1.29, 1.82) is 0 Å². The highest BCUT2D eigenvalue weighted by Gasteiger charge is 2.33. The molecular formula is C16H13ClFNO3S. The van der Waals surface area contributed by atoms with E-state index in [1.165, 1.54) is 35.5 Å². The summed E-state index contributed by atoms with van der Waals surface area (Å²) in [5.41, 5.74) is 0.902. The molecule has 0 fully saturated rings. The first kappa shape index (κ1) is 16.0. The Morgan fingerprint density at radius 1 is 1.17 bits per heavy atom. The van der Waals surface area contributed by atoms with Crippen LogP contribution < -0.4 is 4.31 Å². The SMILES string of the molecule is Cc1cc(F)ccc1S(=O)(=O)N1CCC(=O)c2cc(Cl)ccc21. The predicted octanol–water partition coefficient (Wildman–Crippen LogP) is 3.57. The molecule has 7 heteroatoms. The largest absolute Gasteiger partial charge is 0.294 e. The highest BCUT2D eigenvalue weighted by molar-refractivity contribution is 7.92. The quantitative estimate of drug-likeness (QED) is 0.829. The predicted molar refractivity (Wildman–Crippen MR) is 86.1 cm³/mol. The summed E-state index contributed by atoms with van der Waals surface area (Å²) in [6.07, 6.45) is 0.0762. The molecule has 2 aromatic rings. The molecule has 3 rings (SSSR count). The van der Waals surface area contributed by atoms with Gasteiger partial charge in [-0.25, -0.2) is 12.8 Å². The van der Waals surface area contributed by atoms with E-state index in [0.29, 0.717) is 16.3 Å².